The zero-order chi connectivity index (χ0) is 16.2. The van der Waals surface area contributed by atoms with Gasteiger partial charge in [0.2, 0.25) is 0 Å². The lowest BCUT2D eigenvalue weighted by atomic mass is 10.0. The molecule has 0 radical (unpaired) electrons. The Balaban J connectivity index is 2.79. The van der Waals surface area contributed by atoms with E-state index < -0.39 is 46.9 Å². The number of ether oxygens (including phenoxy) is 1. The summed E-state index contributed by atoms with van der Waals surface area (Å²) in [6, 6.07) is 0. The van der Waals surface area contributed by atoms with Crippen LogP contribution in [0.2, 0.25) is 0 Å². The summed E-state index contributed by atoms with van der Waals surface area (Å²) in [5, 5.41) is 41.3. The fraction of sp³-hybridized carbons (Fsp3) is 0.889. The number of nitrogens with zero attached hydrogens (tertiary/aromatic N) is 1. The molecular weight excluding hydrogens is 330 g/mol. The number of hydrogen-bond acceptors (Lipinski definition) is 10. The summed E-state index contributed by atoms with van der Waals surface area (Å²) in [7, 11) is -4.75. The molecule has 21 heavy (non-hydrogen) atoms. The van der Waals surface area contributed by atoms with Crippen LogP contribution in [-0.4, -0.2) is 74.9 Å². The fourth-order valence-corrected chi connectivity index (χ4v) is 2.80. The summed E-state index contributed by atoms with van der Waals surface area (Å²) < 4.78 is 38.3. The fourth-order valence-electron chi connectivity index (χ4n) is 1.56. The van der Waals surface area contributed by atoms with E-state index in [4.69, 9.17) is 14.4 Å². The molecule has 0 amide bonds. The highest BCUT2D eigenvalue weighted by Gasteiger charge is 2.44. The van der Waals surface area contributed by atoms with Gasteiger partial charge in [0.05, 0.1) is 6.61 Å². The van der Waals surface area contributed by atoms with E-state index in [0.29, 0.717) is 0 Å². The van der Waals surface area contributed by atoms with Crippen molar-refractivity contribution in [2.45, 2.75) is 43.2 Å². The molecule has 0 aromatic rings. The zero-order valence-corrected chi connectivity index (χ0v) is 12.6. The van der Waals surface area contributed by atoms with Crippen LogP contribution in [0.5, 0.6) is 0 Å². The third-order valence-electron chi connectivity index (χ3n) is 2.64. The van der Waals surface area contributed by atoms with Crippen LogP contribution < -0.4 is 0 Å². The van der Waals surface area contributed by atoms with Crippen molar-refractivity contribution in [3.8, 4) is 0 Å². The Morgan fingerprint density at radius 3 is 2.38 bits per heavy atom. The van der Waals surface area contributed by atoms with Gasteiger partial charge < -0.3 is 25.2 Å². The summed E-state index contributed by atoms with van der Waals surface area (Å²) in [6.45, 7) is 1.02. The summed E-state index contributed by atoms with van der Waals surface area (Å²) in [4.78, 5) is 0. The van der Waals surface area contributed by atoms with Crippen molar-refractivity contribution >= 4 is 27.2 Å². The van der Waals surface area contributed by atoms with Gasteiger partial charge in [-0.3, -0.25) is 4.55 Å². The Labute approximate surface area is 125 Å². The molecule has 12 heteroatoms. The van der Waals surface area contributed by atoms with Crippen LogP contribution >= 0.6 is 11.8 Å². The van der Waals surface area contributed by atoms with Gasteiger partial charge in [-0.2, -0.15) is 8.42 Å². The van der Waals surface area contributed by atoms with Crippen molar-refractivity contribution in [2.24, 2.45) is 5.16 Å². The molecule has 0 unspecified atom stereocenters. The molecule has 1 rings (SSSR count). The maximum absolute atomic E-state index is 10.4. The van der Waals surface area contributed by atoms with Gasteiger partial charge in [-0.25, -0.2) is 4.28 Å². The number of thioether (sulfide) groups is 1. The van der Waals surface area contributed by atoms with Crippen molar-refractivity contribution in [1.29, 1.82) is 0 Å². The summed E-state index contributed by atoms with van der Waals surface area (Å²) >= 11 is 0.734. The largest absolute Gasteiger partial charge is 0.466 e. The quantitative estimate of drug-likeness (QED) is 0.163. The van der Waals surface area contributed by atoms with Crippen molar-refractivity contribution in [3.05, 3.63) is 0 Å². The third-order valence-corrected chi connectivity index (χ3v) is 4.16. The second kappa shape index (κ2) is 7.69. The average Bonchev–Trinajstić information content (AvgIpc) is 2.42. The summed E-state index contributed by atoms with van der Waals surface area (Å²) in [6.07, 6.45) is -5.42. The van der Waals surface area contributed by atoms with Crippen LogP contribution in [0, 0.1) is 0 Å². The molecule has 1 saturated heterocycles. The van der Waals surface area contributed by atoms with Crippen LogP contribution in [0.15, 0.2) is 5.16 Å². The third kappa shape index (κ3) is 5.34. The summed E-state index contributed by atoms with van der Waals surface area (Å²) in [5.41, 5.74) is -1.11. The highest BCUT2D eigenvalue weighted by atomic mass is 32.3. The highest BCUT2D eigenvalue weighted by molar-refractivity contribution is 8.14. The molecule has 0 aromatic heterocycles. The molecule has 10 nitrogen and oxygen atoms in total. The van der Waals surface area contributed by atoms with Crippen molar-refractivity contribution in [2.75, 3.05) is 6.61 Å². The van der Waals surface area contributed by atoms with Gasteiger partial charge in [-0.15, -0.1) is 0 Å². The Bertz CT molecular complexity index is 466. The van der Waals surface area contributed by atoms with Crippen molar-refractivity contribution in [1.82, 2.24) is 0 Å². The predicted molar refractivity (Wildman–Crippen MR) is 71.7 cm³/mol. The molecule has 5 atom stereocenters. The molecule has 1 fully saturated rings. The lowest BCUT2D eigenvalue weighted by molar-refractivity contribution is -0.205. The van der Waals surface area contributed by atoms with Crippen LogP contribution in [0.25, 0.3) is 0 Å². The maximum Gasteiger partial charge on any atom is 0.466 e. The number of oxime groups is 1. The second-order valence-corrected chi connectivity index (χ2v) is 6.33. The predicted octanol–water partition coefficient (Wildman–Crippen LogP) is -1.94. The standard InChI is InChI=1S/C9H17NO9S2/c1-2-5(10-19-21(15,16)17)20-9-8(14)7(13)6(12)4(3-11)18-9/h4,6-9,11-14H,2-3H2,1H3,(H,15,16,17)/b10-5-/t4-,6-,7+,8-,9+/m1/s1. The van der Waals surface area contributed by atoms with E-state index >= 15 is 0 Å². The first kappa shape index (κ1) is 18.6. The van der Waals surface area contributed by atoms with Crippen LogP contribution in [0.3, 0.4) is 0 Å². The van der Waals surface area contributed by atoms with Crippen molar-refractivity contribution in [3.63, 3.8) is 0 Å². The van der Waals surface area contributed by atoms with E-state index in [1.165, 1.54) is 0 Å². The van der Waals surface area contributed by atoms with E-state index in [0.717, 1.165) is 11.8 Å². The van der Waals surface area contributed by atoms with Crippen LogP contribution in [-0.2, 0) is 19.4 Å². The van der Waals surface area contributed by atoms with E-state index in [-0.39, 0.29) is 11.5 Å². The van der Waals surface area contributed by atoms with Gasteiger partial charge in [-0.1, -0.05) is 23.8 Å². The summed E-state index contributed by atoms with van der Waals surface area (Å²) in [5.74, 6) is 0. The minimum Gasteiger partial charge on any atom is -0.394 e. The first-order valence-electron chi connectivity index (χ1n) is 5.89. The molecule has 0 aromatic carbocycles. The number of rotatable bonds is 5. The average molecular weight is 347 g/mol. The SMILES string of the molecule is CC/C(=N/OS(=O)(=O)O)S[C@@H]1O[C@H](CO)[C@@H](O)[C@H](O)[C@H]1O. The van der Waals surface area contributed by atoms with E-state index in [9.17, 15) is 23.7 Å². The van der Waals surface area contributed by atoms with Gasteiger partial charge in [0.1, 0.15) is 34.9 Å². The molecule has 5 N–H and O–H groups in total. The molecule has 0 spiro atoms. The zero-order valence-electron chi connectivity index (χ0n) is 10.9. The highest BCUT2D eigenvalue weighted by Crippen LogP contribution is 2.30. The molecule has 0 aliphatic carbocycles. The van der Waals surface area contributed by atoms with Crippen LogP contribution in [0.1, 0.15) is 13.3 Å². The normalized spacial score (nSPS) is 34.8. The van der Waals surface area contributed by atoms with E-state index in [2.05, 4.69) is 9.44 Å². The van der Waals surface area contributed by atoms with Gasteiger partial charge >= 0.3 is 10.4 Å². The first-order valence-corrected chi connectivity index (χ1v) is 8.14. The van der Waals surface area contributed by atoms with E-state index in [1.807, 2.05) is 0 Å². The smallest absolute Gasteiger partial charge is 0.394 e. The van der Waals surface area contributed by atoms with Gasteiger partial charge in [-0.05, 0) is 6.42 Å². The minimum atomic E-state index is -4.75. The number of aliphatic hydroxyl groups is 4. The van der Waals surface area contributed by atoms with Gasteiger partial charge in [0.15, 0.2) is 0 Å². The topological polar surface area (TPSA) is 166 Å². The monoisotopic (exact) mass is 347 g/mol. The van der Waals surface area contributed by atoms with Crippen molar-refractivity contribution < 1.29 is 42.4 Å². The molecule has 1 heterocycles. The Hall–Kier alpha value is -0.470. The van der Waals surface area contributed by atoms with Gasteiger partial charge in [0.25, 0.3) is 0 Å². The minimum absolute atomic E-state index is 0.0527. The van der Waals surface area contributed by atoms with Gasteiger partial charge in [0, 0.05) is 0 Å². The Morgan fingerprint density at radius 2 is 1.90 bits per heavy atom. The second-order valence-electron chi connectivity index (χ2n) is 4.16. The molecule has 0 bridgehead atoms. The number of hydrogen-bond donors (Lipinski definition) is 5. The molecule has 1 aliphatic heterocycles. The lowest BCUT2D eigenvalue weighted by Crippen LogP contribution is -2.57. The van der Waals surface area contributed by atoms with Crippen LogP contribution in [0.4, 0.5) is 0 Å². The molecular formula is C9H17NO9S2. The maximum atomic E-state index is 10.4. The molecule has 0 saturated carbocycles. The molecule has 1 aliphatic rings. The number of aliphatic hydroxyl groups excluding tert-OH is 4. The first-order chi connectivity index (χ1) is 9.69. The molecule has 124 valence electrons. The Kier molecular flexibility index (Phi) is 6.80. The lowest BCUT2D eigenvalue weighted by Gasteiger charge is -2.39. The Morgan fingerprint density at radius 1 is 1.29 bits per heavy atom. The van der Waals surface area contributed by atoms with E-state index in [1.54, 1.807) is 6.92 Å².